The van der Waals surface area contributed by atoms with E-state index in [1.165, 1.54) is 22.0 Å². The van der Waals surface area contributed by atoms with E-state index >= 15 is 0 Å². The summed E-state index contributed by atoms with van der Waals surface area (Å²) in [4.78, 5) is 17.0. The fraction of sp³-hybridized carbons (Fsp3) is 0.409. The molecule has 2 aliphatic heterocycles. The lowest BCUT2D eigenvalue weighted by molar-refractivity contribution is -0.120. The summed E-state index contributed by atoms with van der Waals surface area (Å²) in [5.41, 5.74) is 2.16. The Bertz CT molecular complexity index is 1030. The summed E-state index contributed by atoms with van der Waals surface area (Å²) in [6, 6.07) is 13.0. The molecule has 0 saturated carbocycles. The maximum absolute atomic E-state index is 13.2. The van der Waals surface area contributed by atoms with Gasteiger partial charge in [0, 0.05) is 31.4 Å². The molecule has 160 valence electrons. The molecule has 8 heteroatoms. The summed E-state index contributed by atoms with van der Waals surface area (Å²) in [7, 11) is -3.67. The number of rotatable bonds is 4. The van der Waals surface area contributed by atoms with Crippen molar-refractivity contribution < 1.29 is 17.6 Å². The zero-order valence-corrected chi connectivity index (χ0v) is 17.8. The molecule has 2 heterocycles. The second-order valence-electron chi connectivity index (χ2n) is 7.93. The minimum absolute atomic E-state index is 0.0438. The van der Waals surface area contributed by atoms with Crippen LogP contribution in [0.5, 0.6) is 0 Å². The molecule has 2 aromatic carbocycles. The van der Waals surface area contributed by atoms with E-state index in [-0.39, 0.29) is 23.4 Å². The van der Waals surface area contributed by atoms with Crippen LogP contribution in [-0.2, 0) is 21.2 Å². The Hall–Kier alpha value is -2.29. The van der Waals surface area contributed by atoms with E-state index in [1.54, 1.807) is 0 Å². The van der Waals surface area contributed by atoms with Gasteiger partial charge >= 0.3 is 0 Å². The van der Waals surface area contributed by atoms with Crippen LogP contribution in [-0.4, -0.2) is 62.3 Å². The Morgan fingerprint density at radius 1 is 1.03 bits per heavy atom. The van der Waals surface area contributed by atoms with Gasteiger partial charge in [-0.05, 0) is 62.2 Å². The van der Waals surface area contributed by atoms with E-state index < -0.39 is 15.8 Å². The van der Waals surface area contributed by atoms with Gasteiger partial charge in [-0.2, -0.15) is 4.31 Å². The molecule has 1 amide bonds. The van der Waals surface area contributed by atoms with E-state index in [0.29, 0.717) is 32.6 Å². The SMILES string of the molecule is C[C@H]1Cc2ccccc2N1C(=O)CN1CCCN(S(=O)(=O)c2ccc(F)cc2)CC1. The van der Waals surface area contributed by atoms with Crippen molar-refractivity contribution in [3.63, 3.8) is 0 Å². The summed E-state index contributed by atoms with van der Waals surface area (Å²) in [5, 5.41) is 0. The highest BCUT2D eigenvalue weighted by Gasteiger charge is 2.32. The van der Waals surface area contributed by atoms with Gasteiger partial charge in [0.05, 0.1) is 11.4 Å². The number of carbonyl (C=O) groups is 1. The van der Waals surface area contributed by atoms with Crippen LogP contribution in [0.2, 0.25) is 0 Å². The van der Waals surface area contributed by atoms with E-state index in [9.17, 15) is 17.6 Å². The molecule has 0 bridgehead atoms. The Morgan fingerprint density at radius 2 is 1.77 bits per heavy atom. The van der Waals surface area contributed by atoms with Crippen LogP contribution >= 0.6 is 0 Å². The van der Waals surface area contributed by atoms with Crippen LogP contribution in [0.25, 0.3) is 0 Å². The molecule has 0 N–H and O–H groups in total. The molecular weight excluding hydrogens is 405 g/mol. The largest absolute Gasteiger partial charge is 0.308 e. The van der Waals surface area contributed by atoms with Crippen molar-refractivity contribution >= 4 is 21.6 Å². The van der Waals surface area contributed by atoms with Crippen LogP contribution in [0.4, 0.5) is 10.1 Å². The number of nitrogens with zero attached hydrogens (tertiary/aromatic N) is 3. The van der Waals surface area contributed by atoms with Crippen LogP contribution in [0.15, 0.2) is 53.4 Å². The Morgan fingerprint density at radius 3 is 2.53 bits per heavy atom. The van der Waals surface area contributed by atoms with Crippen molar-refractivity contribution in [3.8, 4) is 0 Å². The molecule has 2 aromatic rings. The Labute approximate surface area is 176 Å². The molecule has 1 atom stereocenters. The van der Waals surface area contributed by atoms with Crippen molar-refractivity contribution in [2.45, 2.75) is 30.7 Å². The van der Waals surface area contributed by atoms with Gasteiger partial charge < -0.3 is 4.90 Å². The lowest BCUT2D eigenvalue weighted by atomic mass is 10.1. The molecule has 2 aliphatic rings. The van der Waals surface area contributed by atoms with Crippen LogP contribution in [0.1, 0.15) is 18.9 Å². The smallest absolute Gasteiger partial charge is 0.243 e. The number of sulfonamides is 1. The van der Waals surface area contributed by atoms with E-state index in [0.717, 1.165) is 24.2 Å². The van der Waals surface area contributed by atoms with Gasteiger partial charge in [-0.15, -0.1) is 0 Å². The monoisotopic (exact) mass is 431 g/mol. The van der Waals surface area contributed by atoms with Crippen molar-refractivity contribution in [1.29, 1.82) is 0 Å². The first-order chi connectivity index (χ1) is 14.4. The van der Waals surface area contributed by atoms with Crippen molar-refractivity contribution in [1.82, 2.24) is 9.21 Å². The molecule has 1 saturated heterocycles. The van der Waals surface area contributed by atoms with Gasteiger partial charge in [0.1, 0.15) is 5.82 Å². The maximum atomic E-state index is 13.2. The maximum Gasteiger partial charge on any atom is 0.243 e. The first kappa shape index (κ1) is 21.0. The molecule has 1 fully saturated rings. The van der Waals surface area contributed by atoms with E-state index in [1.807, 2.05) is 28.0 Å². The van der Waals surface area contributed by atoms with Crippen LogP contribution < -0.4 is 4.90 Å². The van der Waals surface area contributed by atoms with Crippen LogP contribution in [0.3, 0.4) is 0 Å². The third kappa shape index (κ3) is 4.12. The van der Waals surface area contributed by atoms with Gasteiger partial charge in [0.25, 0.3) is 0 Å². The normalized spacial score (nSPS) is 20.7. The first-order valence-corrected chi connectivity index (χ1v) is 11.7. The lowest BCUT2D eigenvalue weighted by Crippen LogP contribution is -2.44. The number of halogens is 1. The number of anilines is 1. The highest BCUT2D eigenvalue weighted by atomic mass is 32.2. The summed E-state index contributed by atoms with van der Waals surface area (Å²) in [6.07, 6.45) is 1.49. The van der Waals surface area contributed by atoms with Crippen molar-refractivity contribution in [2.24, 2.45) is 0 Å². The van der Waals surface area contributed by atoms with E-state index in [2.05, 4.69) is 13.0 Å². The fourth-order valence-electron chi connectivity index (χ4n) is 4.31. The Kier molecular flexibility index (Phi) is 5.90. The standard InChI is InChI=1S/C22H26FN3O3S/c1-17-15-18-5-2-3-6-21(18)26(17)22(27)16-24-11-4-12-25(14-13-24)30(28,29)20-9-7-19(23)8-10-20/h2-3,5-10,17H,4,11-16H2,1H3/t17-/m0/s1. The highest BCUT2D eigenvalue weighted by molar-refractivity contribution is 7.89. The number of para-hydroxylation sites is 1. The zero-order chi connectivity index (χ0) is 21.3. The molecule has 0 unspecified atom stereocenters. The molecule has 6 nitrogen and oxygen atoms in total. The molecule has 0 spiro atoms. The average Bonchev–Trinajstić information content (AvgIpc) is 2.88. The zero-order valence-electron chi connectivity index (χ0n) is 17.0. The predicted molar refractivity (Wildman–Crippen MR) is 113 cm³/mol. The lowest BCUT2D eigenvalue weighted by Gasteiger charge is -2.27. The molecule has 4 rings (SSSR count). The fourth-order valence-corrected chi connectivity index (χ4v) is 5.78. The number of hydrogen-bond donors (Lipinski definition) is 0. The van der Waals surface area contributed by atoms with Crippen molar-refractivity contribution in [2.75, 3.05) is 37.6 Å². The first-order valence-electron chi connectivity index (χ1n) is 10.2. The number of hydrogen-bond acceptors (Lipinski definition) is 4. The Balaban J connectivity index is 1.41. The van der Waals surface area contributed by atoms with Gasteiger partial charge in [-0.25, -0.2) is 12.8 Å². The molecule has 0 radical (unpaired) electrons. The number of carbonyl (C=O) groups excluding carboxylic acids is 1. The summed E-state index contributed by atoms with van der Waals surface area (Å²) in [6.45, 7) is 4.15. The minimum Gasteiger partial charge on any atom is -0.308 e. The summed E-state index contributed by atoms with van der Waals surface area (Å²) in [5.74, 6) is -0.422. The van der Waals surface area contributed by atoms with Crippen molar-refractivity contribution in [3.05, 3.63) is 59.9 Å². The quantitative estimate of drug-likeness (QED) is 0.746. The number of fused-ring (bicyclic) bond motifs is 1. The number of amides is 1. The predicted octanol–water partition coefficient (Wildman–Crippen LogP) is 2.50. The van der Waals surface area contributed by atoms with Gasteiger partial charge in [0.2, 0.25) is 15.9 Å². The van der Waals surface area contributed by atoms with E-state index in [4.69, 9.17) is 0 Å². The van der Waals surface area contributed by atoms with Gasteiger partial charge in [-0.3, -0.25) is 9.69 Å². The molecule has 0 aliphatic carbocycles. The molecular formula is C22H26FN3O3S. The molecule has 0 aromatic heterocycles. The van der Waals surface area contributed by atoms with Crippen LogP contribution in [0, 0.1) is 5.82 Å². The van der Waals surface area contributed by atoms with Gasteiger partial charge in [0.15, 0.2) is 0 Å². The average molecular weight is 432 g/mol. The topological polar surface area (TPSA) is 60.9 Å². The second kappa shape index (κ2) is 8.45. The van der Waals surface area contributed by atoms with Gasteiger partial charge in [-0.1, -0.05) is 18.2 Å². The third-order valence-electron chi connectivity index (χ3n) is 5.83. The summed E-state index contributed by atoms with van der Waals surface area (Å²) >= 11 is 0. The minimum atomic E-state index is -3.67. The molecule has 30 heavy (non-hydrogen) atoms. The third-order valence-corrected chi connectivity index (χ3v) is 7.75. The number of benzene rings is 2. The second-order valence-corrected chi connectivity index (χ2v) is 9.87. The highest BCUT2D eigenvalue weighted by Crippen LogP contribution is 2.32. The summed E-state index contributed by atoms with van der Waals surface area (Å²) < 4.78 is 40.3.